The van der Waals surface area contributed by atoms with Crippen molar-refractivity contribution in [2.45, 2.75) is 24.7 Å². The van der Waals surface area contributed by atoms with E-state index in [9.17, 15) is 13.2 Å². The molecule has 1 heterocycles. The summed E-state index contributed by atoms with van der Waals surface area (Å²) in [6.07, 6.45) is 1.80. The van der Waals surface area contributed by atoms with Crippen molar-refractivity contribution < 1.29 is 13.2 Å². The Hall–Kier alpha value is -1.40. The minimum Gasteiger partial charge on any atom is -0.352 e. The van der Waals surface area contributed by atoms with Gasteiger partial charge in [0.2, 0.25) is 10.0 Å². The van der Waals surface area contributed by atoms with Gasteiger partial charge in [0.1, 0.15) is 0 Å². The number of nitrogens with zero attached hydrogens (tertiary/aromatic N) is 1. The first kappa shape index (κ1) is 14.0. The van der Waals surface area contributed by atoms with E-state index in [4.69, 9.17) is 0 Å². The largest absolute Gasteiger partial charge is 0.352 e. The second-order valence-electron chi connectivity index (χ2n) is 4.50. The Morgan fingerprint density at radius 2 is 2.00 bits per heavy atom. The summed E-state index contributed by atoms with van der Waals surface area (Å²) in [6.45, 7) is 3.46. The SMILES string of the molecule is CCNC(=O)c1cccc(S(=O)(=O)N2CCCC2)c1. The lowest BCUT2D eigenvalue weighted by Gasteiger charge is -2.15. The molecule has 1 N–H and O–H groups in total. The molecule has 1 fully saturated rings. The van der Waals surface area contributed by atoms with Gasteiger partial charge in [-0.2, -0.15) is 4.31 Å². The third kappa shape index (κ3) is 2.96. The van der Waals surface area contributed by atoms with Crippen LogP contribution in [0.1, 0.15) is 30.1 Å². The van der Waals surface area contributed by atoms with Crippen LogP contribution in [-0.4, -0.2) is 38.3 Å². The van der Waals surface area contributed by atoms with Gasteiger partial charge in [0.05, 0.1) is 4.90 Å². The number of hydrogen-bond acceptors (Lipinski definition) is 3. The molecular formula is C13H18N2O3S. The van der Waals surface area contributed by atoms with Crippen molar-refractivity contribution in [2.24, 2.45) is 0 Å². The number of carbonyl (C=O) groups excluding carboxylic acids is 1. The van der Waals surface area contributed by atoms with E-state index in [1.807, 2.05) is 6.92 Å². The minimum absolute atomic E-state index is 0.193. The molecule has 1 amide bonds. The minimum atomic E-state index is -3.46. The number of carbonyl (C=O) groups is 1. The summed E-state index contributed by atoms with van der Waals surface area (Å²) in [7, 11) is -3.46. The van der Waals surface area contributed by atoms with Crippen LogP contribution in [-0.2, 0) is 10.0 Å². The van der Waals surface area contributed by atoms with Crippen molar-refractivity contribution in [3.63, 3.8) is 0 Å². The van der Waals surface area contributed by atoms with Gasteiger partial charge in [-0.1, -0.05) is 6.07 Å². The van der Waals surface area contributed by atoms with Gasteiger partial charge in [-0.05, 0) is 38.0 Å². The van der Waals surface area contributed by atoms with Gasteiger partial charge < -0.3 is 5.32 Å². The molecule has 2 rings (SSSR count). The Kier molecular flexibility index (Phi) is 4.21. The average Bonchev–Trinajstić information content (AvgIpc) is 2.94. The van der Waals surface area contributed by atoms with E-state index in [-0.39, 0.29) is 10.8 Å². The number of hydrogen-bond donors (Lipinski definition) is 1. The summed E-state index contributed by atoms with van der Waals surface area (Å²) in [5, 5.41) is 2.66. The lowest BCUT2D eigenvalue weighted by Crippen LogP contribution is -2.28. The monoisotopic (exact) mass is 282 g/mol. The van der Waals surface area contributed by atoms with E-state index in [0.29, 0.717) is 25.2 Å². The van der Waals surface area contributed by atoms with E-state index in [0.717, 1.165) is 12.8 Å². The normalized spacial score (nSPS) is 16.5. The summed E-state index contributed by atoms with van der Waals surface area (Å²) in [5.74, 6) is -0.249. The molecule has 6 heteroatoms. The van der Waals surface area contributed by atoms with Crippen LogP contribution in [0.15, 0.2) is 29.2 Å². The molecule has 1 aromatic rings. The van der Waals surface area contributed by atoms with Crippen LogP contribution in [0.25, 0.3) is 0 Å². The van der Waals surface area contributed by atoms with Crippen LogP contribution >= 0.6 is 0 Å². The van der Waals surface area contributed by atoms with Crippen molar-refractivity contribution >= 4 is 15.9 Å². The summed E-state index contributed by atoms with van der Waals surface area (Å²) >= 11 is 0. The molecule has 104 valence electrons. The van der Waals surface area contributed by atoms with Crippen molar-refractivity contribution in [3.8, 4) is 0 Å². The van der Waals surface area contributed by atoms with Gasteiger partial charge in [-0.25, -0.2) is 8.42 Å². The van der Waals surface area contributed by atoms with Crippen LogP contribution in [0, 0.1) is 0 Å². The number of rotatable bonds is 4. The number of nitrogens with one attached hydrogen (secondary N) is 1. The van der Waals surface area contributed by atoms with Crippen LogP contribution in [0.4, 0.5) is 0 Å². The van der Waals surface area contributed by atoms with Crippen molar-refractivity contribution in [3.05, 3.63) is 29.8 Å². The zero-order valence-corrected chi connectivity index (χ0v) is 11.7. The molecule has 1 aliphatic rings. The Morgan fingerprint density at radius 1 is 1.32 bits per heavy atom. The molecule has 19 heavy (non-hydrogen) atoms. The molecule has 0 bridgehead atoms. The fourth-order valence-corrected chi connectivity index (χ4v) is 3.70. The highest BCUT2D eigenvalue weighted by atomic mass is 32.2. The average molecular weight is 282 g/mol. The van der Waals surface area contributed by atoms with E-state index < -0.39 is 10.0 Å². The maximum Gasteiger partial charge on any atom is 0.251 e. The molecule has 0 aromatic heterocycles. The van der Waals surface area contributed by atoms with E-state index >= 15 is 0 Å². The maximum absolute atomic E-state index is 12.4. The predicted octanol–water partition coefficient (Wildman–Crippen LogP) is 1.22. The predicted molar refractivity (Wildman–Crippen MR) is 72.4 cm³/mol. The van der Waals surface area contributed by atoms with Gasteiger partial charge >= 0.3 is 0 Å². The molecule has 0 aliphatic carbocycles. The Labute approximate surface area is 113 Å². The lowest BCUT2D eigenvalue weighted by atomic mass is 10.2. The van der Waals surface area contributed by atoms with Gasteiger partial charge in [0.15, 0.2) is 0 Å². The molecule has 0 unspecified atom stereocenters. The Bertz CT molecular complexity index is 563. The summed E-state index contributed by atoms with van der Waals surface area (Å²) in [4.78, 5) is 11.9. The lowest BCUT2D eigenvalue weighted by molar-refractivity contribution is 0.0955. The Balaban J connectivity index is 2.30. The van der Waals surface area contributed by atoms with Crippen molar-refractivity contribution in [1.82, 2.24) is 9.62 Å². The Morgan fingerprint density at radius 3 is 2.63 bits per heavy atom. The molecule has 1 aliphatic heterocycles. The highest BCUT2D eigenvalue weighted by molar-refractivity contribution is 7.89. The molecule has 0 spiro atoms. The first-order valence-corrected chi connectivity index (χ1v) is 7.88. The number of amides is 1. The zero-order chi connectivity index (χ0) is 13.9. The topological polar surface area (TPSA) is 66.5 Å². The number of benzene rings is 1. The highest BCUT2D eigenvalue weighted by Gasteiger charge is 2.27. The molecular weight excluding hydrogens is 264 g/mol. The van der Waals surface area contributed by atoms with Gasteiger partial charge in [-0.3, -0.25) is 4.79 Å². The van der Waals surface area contributed by atoms with Crippen LogP contribution in [0.2, 0.25) is 0 Å². The maximum atomic E-state index is 12.4. The molecule has 5 nitrogen and oxygen atoms in total. The molecule has 0 radical (unpaired) electrons. The quantitative estimate of drug-likeness (QED) is 0.903. The van der Waals surface area contributed by atoms with Gasteiger partial charge in [0.25, 0.3) is 5.91 Å². The number of sulfonamides is 1. The second kappa shape index (κ2) is 5.71. The van der Waals surface area contributed by atoms with Crippen LogP contribution in [0.5, 0.6) is 0 Å². The standard InChI is InChI=1S/C13H18N2O3S/c1-2-14-13(16)11-6-5-7-12(10-11)19(17,18)15-8-3-4-9-15/h5-7,10H,2-4,8-9H2,1H3,(H,14,16). The zero-order valence-electron chi connectivity index (χ0n) is 10.9. The third-order valence-electron chi connectivity index (χ3n) is 3.14. The van der Waals surface area contributed by atoms with Crippen molar-refractivity contribution in [1.29, 1.82) is 0 Å². The second-order valence-corrected chi connectivity index (χ2v) is 6.44. The molecule has 1 aromatic carbocycles. The fraction of sp³-hybridized carbons (Fsp3) is 0.462. The molecule has 1 saturated heterocycles. The van der Waals surface area contributed by atoms with E-state index in [1.54, 1.807) is 12.1 Å². The van der Waals surface area contributed by atoms with E-state index in [1.165, 1.54) is 16.4 Å². The first-order chi connectivity index (χ1) is 9.05. The molecule has 0 atom stereocenters. The van der Waals surface area contributed by atoms with Crippen LogP contribution < -0.4 is 5.32 Å². The molecule has 0 saturated carbocycles. The summed E-state index contributed by atoms with van der Waals surface area (Å²) in [6, 6.07) is 6.20. The van der Waals surface area contributed by atoms with Crippen molar-refractivity contribution in [2.75, 3.05) is 19.6 Å². The third-order valence-corrected chi connectivity index (χ3v) is 5.03. The fourth-order valence-electron chi connectivity index (χ4n) is 2.14. The van der Waals surface area contributed by atoms with Crippen LogP contribution in [0.3, 0.4) is 0 Å². The van der Waals surface area contributed by atoms with Gasteiger partial charge in [0, 0.05) is 25.2 Å². The summed E-state index contributed by atoms with van der Waals surface area (Å²) in [5.41, 5.74) is 0.377. The van der Waals surface area contributed by atoms with E-state index in [2.05, 4.69) is 5.32 Å². The smallest absolute Gasteiger partial charge is 0.251 e. The first-order valence-electron chi connectivity index (χ1n) is 6.44. The summed E-state index contributed by atoms with van der Waals surface area (Å²) < 4.78 is 26.2. The van der Waals surface area contributed by atoms with Gasteiger partial charge in [-0.15, -0.1) is 0 Å². The highest BCUT2D eigenvalue weighted by Crippen LogP contribution is 2.21.